The van der Waals surface area contributed by atoms with E-state index in [2.05, 4.69) is 10.6 Å². The van der Waals surface area contributed by atoms with Crippen LogP contribution in [0.2, 0.25) is 0 Å². The Morgan fingerprint density at radius 3 is 2.20 bits per heavy atom. The van der Waals surface area contributed by atoms with Crippen LogP contribution in [0.4, 0.5) is 4.79 Å². The second kappa shape index (κ2) is 8.12. The lowest BCUT2D eigenvalue weighted by atomic mass is 9.95. The van der Waals surface area contributed by atoms with E-state index in [1.165, 1.54) is 12.8 Å². The molecule has 0 aromatic carbocycles. The molecule has 0 saturated carbocycles. The second-order valence-electron chi connectivity index (χ2n) is 8.08. The summed E-state index contributed by atoms with van der Waals surface area (Å²) in [7, 11) is 0. The summed E-state index contributed by atoms with van der Waals surface area (Å²) in [6.45, 7) is 3.16. The van der Waals surface area contributed by atoms with Crippen molar-refractivity contribution >= 4 is 24.3 Å². The highest BCUT2D eigenvalue weighted by atomic mass is 35.5. The fourth-order valence-corrected chi connectivity index (χ4v) is 4.97. The molecule has 3 atom stereocenters. The van der Waals surface area contributed by atoms with Gasteiger partial charge in [0.1, 0.15) is 0 Å². The maximum atomic E-state index is 12.7. The first kappa shape index (κ1) is 18.8. The minimum atomic E-state index is -0.0298. The predicted molar refractivity (Wildman–Crippen MR) is 98.9 cm³/mol. The Labute approximate surface area is 156 Å². The highest BCUT2D eigenvalue weighted by Gasteiger charge is 2.36. The number of halogens is 1. The Morgan fingerprint density at radius 2 is 1.52 bits per heavy atom. The quantitative estimate of drug-likeness (QED) is 0.778. The minimum Gasteiger partial charge on any atom is -0.353 e. The summed E-state index contributed by atoms with van der Waals surface area (Å²) in [5.74, 6) is 0.137. The molecule has 25 heavy (non-hydrogen) atoms. The van der Waals surface area contributed by atoms with E-state index in [-0.39, 0.29) is 30.3 Å². The van der Waals surface area contributed by atoms with Crippen molar-refractivity contribution in [3.8, 4) is 0 Å². The van der Waals surface area contributed by atoms with Crippen LogP contribution in [0.5, 0.6) is 0 Å². The summed E-state index contributed by atoms with van der Waals surface area (Å²) in [6.07, 6.45) is 8.69. The number of carbonyl (C=O) groups excluding carboxylic acids is 2. The summed E-state index contributed by atoms with van der Waals surface area (Å²) in [6, 6.07) is 1.65. The van der Waals surface area contributed by atoms with E-state index in [1.54, 1.807) is 0 Å². The van der Waals surface area contributed by atoms with Gasteiger partial charge in [-0.25, -0.2) is 4.79 Å². The Kier molecular flexibility index (Phi) is 6.10. The standard InChI is InChI=1S/C18H30N4O2.ClH/c23-17(20-16-10-14-5-6-15(11-16)19-14)13-4-3-9-22(12-13)18(24)21-7-1-2-8-21;/h13-16,19H,1-12H2,(H,20,23);1H. The lowest BCUT2D eigenvalue weighted by Crippen LogP contribution is -2.53. The number of amides is 3. The van der Waals surface area contributed by atoms with Crippen molar-refractivity contribution in [3.05, 3.63) is 0 Å². The van der Waals surface area contributed by atoms with Crippen molar-refractivity contribution in [2.24, 2.45) is 5.92 Å². The molecule has 7 heteroatoms. The molecule has 0 aromatic heterocycles. The fraction of sp³-hybridized carbons (Fsp3) is 0.889. The molecule has 3 amide bonds. The Bertz CT molecular complexity index is 485. The van der Waals surface area contributed by atoms with Crippen LogP contribution in [0.25, 0.3) is 0 Å². The van der Waals surface area contributed by atoms with Gasteiger partial charge in [-0.3, -0.25) is 4.79 Å². The van der Waals surface area contributed by atoms with Crippen LogP contribution in [-0.2, 0) is 4.79 Å². The molecular formula is C18H31ClN4O2. The molecule has 4 aliphatic rings. The lowest BCUT2D eigenvalue weighted by molar-refractivity contribution is -0.127. The molecule has 142 valence electrons. The highest BCUT2D eigenvalue weighted by Crippen LogP contribution is 2.27. The van der Waals surface area contributed by atoms with Crippen LogP contribution in [-0.4, -0.2) is 66.0 Å². The molecule has 2 N–H and O–H groups in total. The van der Waals surface area contributed by atoms with Gasteiger partial charge < -0.3 is 20.4 Å². The van der Waals surface area contributed by atoms with E-state index in [9.17, 15) is 9.59 Å². The predicted octanol–water partition coefficient (Wildman–Crippen LogP) is 1.74. The fourth-order valence-electron chi connectivity index (χ4n) is 4.97. The molecule has 2 bridgehead atoms. The van der Waals surface area contributed by atoms with Crippen LogP contribution in [0.15, 0.2) is 0 Å². The first-order valence-electron chi connectivity index (χ1n) is 9.79. The summed E-state index contributed by atoms with van der Waals surface area (Å²) in [5, 5.41) is 6.90. The zero-order valence-corrected chi connectivity index (χ0v) is 15.7. The summed E-state index contributed by atoms with van der Waals surface area (Å²) < 4.78 is 0. The van der Waals surface area contributed by atoms with E-state index in [0.717, 1.165) is 58.2 Å². The Morgan fingerprint density at radius 1 is 0.880 bits per heavy atom. The van der Waals surface area contributed by atoms with Gasteiger partial charge in [-0.05, 0) is 51.4 Å². The number of hydrogen-bond donors (Lipinski definition) is 2. The van der Waals surface area contributed by atoms with Gasteiger partial charge in [0.15, 0.2) is 0 Å². The van der Waals surface area contributed by atoms with Gasteiger partial charge in [0, 0.05) is 44.3 Å². The first-order chi connectivity index (χ1) is 11.7. The molecule has 0 aromatic rings. The smallest absolute Gasteiger partial charge is 0.320 e. The average Bonchev–Trinajstić information content (AvgIpc) is 3.24. The third-order valence-electron chi connectivity index (χ3n) is 6.26. The topological polar surface area (TPSA) is 64.7 Å². The molecule has 4 heterocycles. The SMILES string of the molecule is Cl.O=C(NC1CC2CCC(C1)N2)C1CCCN(C(=O)N2CCCC2)C1. The summed E-state index contributed by atoms with van der Waals surface area (Å²) in [4.78, 5) is 29.1. The molecule has 0 radical (unpaired) electrons. The molecule has 4 rings (SSSR count). The molecule has 0 aliphatic carbocycles. The van der Waals surface area contributed by atoms with Crippen LogP contribution in [0.3, 0.4) is 0 Å². The van der Waals surface area contributed by atoms with Crippen molar-refractivity contribution in [1.29, 1.82) is 0 Å². The first-order valence-corrected chi connectivity index (χ1v) is 9.79. The zero-order chi connectivity index (χ0) is 16.5. The summed E-state index contributed by atoms with van der Waals surface area (Å²) in [5.41, 5.74) is 0. The average molecular weight is 371 g/mol. The van der Waals surface area contributed by atoms with Gasteiger partial charge in [0.25, 0.3) is 0 Å². The van der Waals surface area contributed by atoms with Gasteiger partial charge in [-0.15, -0.1) is 12.4 Å². The molecule has 3 unspecified atom stereocenters. The van der Waals surface area contributed by atoms with E-state index in [4.69, 9.17) is 0 Å². The molecule has 4 saturated heterocycles. The number of likely N-dealkylation sites (tertiary alicyclic amines) is 2. The van der Waals surface area contributed by atoms with Crippen LogP contribution >= 0.6 is 12.4 Å². The maximum absolute atomic E-state index is 12.7. The third-order valence-corrected chi connectivity index (χ3v) is 6.26. The zero-order valence-electron chi connectivity index (χ0n) is 14.9. The van der Waals surface area contributed by atoms with Crippen molar-refractivity contribution < 1.29 is 9.59 Å². The molecule has 0 spiro atoms. The molecule has 6 nitrogen and oxygen atoms in total. The van der Waals surface area contributed by atoms with Crippen molar-refractivity contribution in [2.45, 2.75) is 69.5 Å². The number of carbonyl (C=O) groups is 2. The Balaban J connectivity index is 0.00000182. The molecule has 4 aliphatic heterocycles. The van der Waals surface area contributed by atoms with Gasteiger partial charge in [0.05, 0.1) is 5.92 Å². The van der Waals surface area contributed by atoms with Crippen LogP contribution in [0.1, 0.15) is 51.4 Å². The number of urea groups is 1. The number of hydrogen-bond acceptors (Lipinski definition) is 3. The van der Waals surface area contributed by atoms with Crippen molar-refractivity contribution in [3.63, 3.8) is 0 Å². The van der Waals surface area contributed by atoms with Gasteiger partial charge in [-0.1, -0.05) is 0 Å². The van der Waals surface area contributed by atoms with Gasteiger partial charge >= 0.3 is 6.03 Å². The number of nitrogens with one attached hydrogen (secondary N) is 2. The van der Waals surface area contributed by atoms with E-state index < -0.39 is 0 Å². The number of piperidine rings is 2. The maximum Gasteiger partial charge on any atom is 0.320 e. The monoisotopic (exact) mass is 370 g/mol. The largest absolute Gasteiger partial charge is 0.353 e. The van der Waals surface area contributed by atoms with E-state index in [1.807, 2.05) is 9.80 Å². The van der Waals surface area contributed by atoms with Crippen LogP contribution < -0.4 is 10.6 Å². The third kappa shape index (κ3) is 4.22. The summed E-state index contributed by atoms with van der Waals surface area (Å²) >= 11 is 0. The molecular weight excluding hydrogens is 340 g/mol. The highest BCUT2D eigenvalue weighted by molar-refractivity contribution is 5.85. The second-order valence-corrected chi connectivity index (χ2v) is 8.08. The van der Waals surface area contributed by atoms with E-state index in [0.29, 0.717) is 24.7 Å². The van der Waals surface area contributed by atoms with E-state index >= 15 is 0 Å². The Hall–Kier alpha value is -1.01. The lowest BCUT2D eigenvalue weighted by Gasteiger charge is -2.36. The molecule has 4 fully saturated rings. The minimum absolute atomic E-state index is 0. The number of rotatable bonds is 2. The van der Waals surface area contributed by atoms with Crippen molar-refractivity contribution in [1.82, 2.24) is 20.4 Å². The normalized spacial score (nSPS) is 34.6. The van der Waals surface area contributed by atoms with Crippen LogP contribution in [0, 0.1) is 5.92 Å². The van der Waals surface area contributed by atoms with Gasteiger partial charge in [-0.2, -0.15) is 0 Å². The van der Waals surface area contributed by atoms with Crippen molar-refractivity contribution in [2.75, 3.05) is 26.2 Å². The number of fused-ring (bicyclic) bond motifs is 2. The van der Waals surface area contributed by atoms with Gasteiger partial charge in [0.2, 0.25) is 5.91 Å². The number of nitrogens with zero attached hydrogens (tertiary/aromatic N) is 2.